The van der Waals surface area contributed by atoms with Crippen LogP contribution < -0.4 is 10.5 Å². The summed E-state index contributed by atoms with van der Waals surface area (Å²) in [6.45, 7) is 2.90. The smallest absolute Gasteiger partial charge is 0.250 e. The predicted octanol–water partition coefficient (Wildman–Crippen LogP) is 1.29. The molecule has 1 rings (SSSR count). The van der Waals surface area contributed by atoms with Crippen molar-refractivity contribution in [1.82, 2.24) is 4.72 Å². The number of hydrogen-bond donors (Lipinski definition) is 2. The highest BCUT2D eigenvalue weighted by Gasteiger charge is 2.15. The lowest BCUT2D eigenvalue weighted by atomic mass is 10.3. The highest BCUT2D eigenvalue weighted by Crippen LogP contribution is 2.20. The summed E-state index contributed by atoms with van der Waals surface area (Å²) < 4.78 is 26.3. The zero-order valence-electron chi connectivity index (χ0n) is 8.69. The van der Waals surface area contributed by atoms with Gasteiger partial charge in [-0.2, -0.15) is 0 Å². The maximum absolute atomic E-state index is 11.7. The van der Waals surface area contributed by atoms with Crippen molar-refractivity contribution in [2.45, 2.75) is 30.5 Å². The van der Waals surface area contributed by atoms with E-state index in [-0.39, 0.29) is 0 Å². The molecule has 1 aromatic heterocycles. The maximum Gasteiger partial charge on any atom is 0.250 e. The number of thiophene rings is 1. The summed E-state index contributed by atoms with van der Waals surface area (Å²) >= 11 is 1.22. The van der Waals surface area contributed by atoms with Gasteiger partial charge in [-0.25, -0.2) is 13.1 Å². The molecule has 0 radical (unpaired) electrons. The molecule has 0 saturated carbocycles. The lowest BCUT2D eigenvalue weighted by Crippen LogP contribution is -2.23. The second-order valence-corrected chi connectivity index (χ2v) is 6.34. The average Bonchev–Trinajstić information content (AvgIpc) is 2.66. The van der Waals surface area contributed by atoms with Crippen molar-refractivity contribution in [3.05, 3.63) is 17.0 Å². The number of hydrogen-bond acceptors (Lipinski definition) is 4. The number of rotatable bonds is 6. The molecule has 0 aliphatic rings. The first kappa shape index (κ1) is 12.6. The second kappa shape index (κ2) is 5.60. The molecule has 15 heavy (non-hydrogen) atoms. The van der Waals surface area contributed by atoms with Crippen LogP contribution in [0.25, 0.3) is 0 Å². The Balaban J connectivity index is 2.68. The fraction of sp³-hybridized carbons (Fsp3) is 0.556. The Morgan fingerprint density at radius 2 is 2.20 bits per heavy atom. The van der Waals surface area contributed by atoms with E-state index in [1.807, 2.05) is 6.92 Å². The van der Waals surface area contributed by atoms with Gasteiger partial charge in [0.15, 0.2) is 0 Å². The fourth-order valence-electron chi connectivity index (χ4n) is 1.07. The minimum atomic E-state index is -3.31. The van der Waals surface area contributed by atoms with Gasteiger partial charge in [0.25, 0.3) is 0 Å². The van der Waals surface area contributed by atoms with E-state index < -0.39 is 10.0 Å². The summed E-state index contributed by atoms with van der Waals surface area (Å²) in [5, 5.41) is 0. The second-order valence-electron chi connectivity index (χ2n) is 3.18. The van der Waals surface area contributed by atoms with Crippen LogP contribution in [-0.4, -0.2) is 15.0 Å². The Hall–Kier alpha value is -0.430. The van der Waals surface area contributed by atoms with Crippen LogP contribution in [0.4, 0.5) is 0 Å². The van der Waals surface area contributed by atoms with Gasteiger partial charge in [-0.1, -0.05) is 13.3 Å². The van der Waals surface area contributed by atoms with Gasteiger partial charge in [0.2, 0.25) is 10.0 Å². The highest BCUT2D eigenvalue weighted by atomic mass is 32.2. The molecule has 0 unspecified atom stereocenters. The van der Waals surface area contributed by atoms with Gasteiger partial charge in [0.05, 0.1) is 0 Å². The zero-order chi connectivity index (χ0) is 11.3. The molecule has 0 bridgehead atoms. The molecule has 1 aromatic rings. The molecular formula is C9H16N2O2S2. The third-order valence-electron chi connectivity index (χ3n) is 1.93. The van der Waals surface area contributed by atoms with E-state index in [1.54, 1.807) is 12.1 Å². The minimum absolute atomic E-state index is 0.346. The third-order valence-corrected chi connectivity index (χ3v) is 4.99. The summed E-state index contributed by atoms with van der Waals surface area (Å²) in [5.74, 6) is 0. The lowest BCUT2D eigenvalue weighted by Gasteiger charge is -2.02. The topological polar surface area (TPSA) is 72.2 Å². The van der Waals surface area contributed by atoms with Crippen molar-refractivity contribution >= 4 is 21.4 Å². The average molecular weight is 248 g/mol. The van der Waals surface area contributed by atoms with E-state index in [4.69, 9.17) is 5.73 Å². The highest BCUT2D eigenvalue weighted by molar-refractivity contribution is 7.91. The molecule has 6 heteroatoms. The normalized spacial score (nSPS) is 11.9. The number of unbranched alkanes of at least 4 members (excludes halogenated alkanes) is 1. The van der Waals surface area contributed by atoms with Crippen molar-refractivity contribution < 1.29 is 8.42 Å². The van der Waals surface area contributed by atoms with Crippen molar-refractivity contribution in [2.24, 2.45) is 5.73 Å². The van der Waals surface area contributed by atoms with Crippen LogP contribution in [0.3, 0.4) is 0 Å². The van der Waals surface area contributed by atoms with Gasteiger partial charge in [0, 0.05) is 18.0 Å². The van der Waals surface area contributed by atoms with Crippen molar-refractivity contribution in [1.29, 1.82) is 0 Å². The van der Waals surface area contributed by atoms with Gasteiger partial charge >= 0.3 is 0 Å². The van der Waals surface area contributed by atoms with E-state index in [2.05, 4.69) is 4.72 Å². The van der Waals surface area contributed by atoms with Gasteiger partial charge in [-0.15, -0.1) is 11.3 Å². The standard InChI is InChI=1S/C9H16N2O2S2/c1-2-3-6-11-15(12,13)9-5-4-8(7-10)14-9/h4-5,11H,2-3,6-7,10H2,1H3. The summed E-state index contributed by atoms with van der Waals surface area (Å²) in [5.41, 5.74) is 5.42. The van der Waals surface area contributed by atoms with Crippen LogP contribution in [0.15, 0.2) is 16.3 Å². The first-order valence-electron chi connectivity index (χ1n) is 4.88. The molecule has 0 aromatic carbocycles. The molecule has 1 heterocycles. The van der Waals surface area contributed by atoms with Crippen LogP contribution in [0.2, 0.25) is 0 Å². The van der Waals surface area contributed by atoms with Crippen LogP contribution in [-0.2, 0) is 16.6 Å². The van der Waals surface area contributed by atoms with E-state index in [0.29, 0.717) is 17.3 Å². The monoisotopic (exact) mass is 248 g/mol. The van der Waals surface area contributed by atoms with Crippen LogP contribution in [0, 0.1) is 0 Å². The largest absolute Gasteiger partial charge is 0.326 e. The van der Waals surface area contributed by atoms with E-state index in [9.17, 15) is 8.42 Å². The number of sulfonamides is 1. The maximum atomic E-state index is 11.7. The van der Waals surface area contributed by atoms with Crippen molar-refractivity contribution in [2.75, 3.05) is 6.54 Å². The van der Waals surface area contributed by atoms with E-state index in [0.717, 1.165) is 17.7 Å². The van der Waals surface area contributed by atoms with Gasteiger partial charge in [-0.05, 0) is 18.6 Å². The molecule has 3 N–H and O–H groups in total. The van der Waals surface area contributed by atoms with Crippen LogP contribution >= 0.6 is 11.3 Å². The van der Waals surface area contributed by atoms with Crippen LogP contribution in [0.1, 0.15) is 24.6 Å². The van der Waals surface area contributed by atoms with Gasteiger partial charge in [0.1, 0.15) is 4.21 Å². The number of nitrogens with one attached hydrogen (secondary N) is 1. The van der Waals surface area contributed by atoms with E-state index >= 15 is 0 Å². The third kappa shape index (κ3) is 3.57. The summed E-state index contributed by atoms with van der Waals surface area (Å²) in [7, 11) is -3.31. The Morgan fingerprint density at radius 3 is 2.73 bits per heavy atom. The Morgan fingerprint density at radius 1 is 1.47 bits per heavy atom. The molecule has 0 spiro atoms. The summed E-state index contributed by atoms with van der Waals surface area (Å²) in [6, 6.07) is 3.35. The Bertz CT molecular complexity index is 398. The zero-order valence-corrected chi connectivity index (χ0v) is 10.3. The molecule has 4 nitrogen and oxygen atoms in total. The summed E-state index contributed by atoms with van der Waals surface area (Å²) in [4.78, 5) is 0.880. The molecule has 0 atom stereocenters. The molecule has 0 saturated heterocycles. The van der Waals surface area contributed by atoms with Gasteiger partial charge < -0.3 is 5.73 Å². The SMILES string of the molecule is CCCCNS(=O)(=O)c1ccc(CN)s1. The first-order valence-corrected chi connectivity index (χ1v) is 7.18. The minimum Gasteiger partial charge on any atom is -0.326 e. The lowest BCUT2D eigenvalue weighted by molar-refractivity contribution is 0.580. The van der Waals surface area contributed by atoms with Crippen molar-refractivity contribution in [3.63, 3.8) is 0 Å². The predicted molar refractivity (Wildman–Crippen MR) is 62.3 cm³/mol. The molecule has 0 aliphatic heterocycles. The quantitative estimate of drug-likeness (QED) is 0.745. The first-order chi connectivity index (χ1) is 7.10. The summed E-state index contributed by atoms with van der Waals surface area (Å²) in [6.07, 6.45) is 1.83. The molecule has 0 fully saturated rings. The number of nitrogens with two attached hydrogens (primary N) is 1. The molecule has 0 aliphatic carbocycles. The molecule has 0 amide bonds. The molecule has 86 valence electrons. The van der Waals surface area contributed by atoms with Crippen LogP contribution in [0.5, 0.6) is 0 Å². The Labute approximate surface area is 94.5 Å². The Kier molecular flexibility index (Phi) is 4.72. The molecular weight excluding hydrogens is 232 g/mol. The van der Waals surface area contributed by atoms with Crippen molar-refractivity contribution in [3.8, 4) is 0 Å². The van der Waals surface area contributed by atoms with Gasteiger partial charge in [-0.3, -0.25) is 0 Å². The van der Waals surface area contributed by atoms with E-state index in [1.165, 1.54) is 11.3 Å². The fourth-order valence-corrected chi connectivity index (χ4v) is 3.42.